The van der Waals surface area contributed by atoms with Gasteiger partial charge in [0.1, 0.15) is 0 Å². The Hall–Kier alpha value is 0.393. The van der Waals surface area contributed by atoms with Crippen LogP contribution < -0.4 is 0 Å². The molecule has 0 aromatic carbocycles. The summed E-state index contributed by atoms with van der Waals surface area (Å²) in [5, 5.41) is 9.01. The molecule has 1 radical (unpaired) electrons. The van der Waals surface area contributed by atoms with E-state index >= 15 is 0 Å². The minimum atomic E-state index is -1.01. The van der Waals surface area contributed by atoms with Crippen molar-refractivity contribution in [2.45, 2.75) is 26.7 Å². The van der Waals surface area contributed by atoms with Crippen molar-refractivity contribution in [2.24, 2.45) is 17.8 Å². The molecular formula is C11H18IO5PRh. The normalized spacial score (nSPS) is 15.4. The van der Waals surface area contributed by atoms with Gasteiger partial charge in [0.15, 0.2) is 5.52 Å². The Bertz CT molecular complexity index is 326. The number of aliphatic carboxylic acids is 1. The summed E-state index contributed by atoms with van der Waals surface area (Å²) in [6.45, 7) is 3.33. The van der Waals surface area contributed by atoms with Crippen molar-refractivity contribution in [1.29, 1.82) is 0 Å². The molecule has 0 aliphatic heterocycles. The molecule has 0 saturated heterocycles. The molecule has 0 aromatic rings. The molecule has 8 heteroatoms. The summed E-state index contributed by atoms with van der Waals surface area (Å²) in [7, 11) is 1.29. The third kappa shape index (κ3) is 7.10. The fourth-order valence-electron chi connectivity index (χ4n) is 1.68. The van der Waals surface area contributed by atoms with E-state index in [0.29, 0.717) is 6.42 Å². The second kappa shape index (κ2) is 11.1. The van der Waals surface area contributed by atoms with Gasteiger partial charge in [-0.05, 0) is 34.9 Å². The third-order valence-corrected chi connectivity index (χ3v) is 5.14. The van der Waals surface area contributed by atoms with E-state index in [4.69, 9.17) is 5.11 Å². The Kier molecular flexibility index (Phi) is 12.7. The summed E-state index contributed by atoms with van der Waals surface area (Å²) < 4.78 is 4.66. The molecule has 0 saturated carbocycles. The van der Waals surface area contributed by atoms with Crippen molar-refractivity contribution >= 4 is 45.7 Å². The van der Waals surface area contributed by atoms with Gasteiger partial charge in [0.05, 0.1) is 18.9 Å². The van der Waals surface area contributed by atoms with E-state index < -0.39 is 23.7 Å². The predicted molar refractivity (Wildman–Crippen MR) is 78.0 cm³/mol. The van der Waals surface area contributed by atoms with Crippen LogP contribution in [0.3, 0.4) is 0 Å². The maximum absolute atomic E-state index is 11.8. The first-order chi connectivity index (χ1) is 8.38. The Morgan fingerprint density at radius 1 is 1.37 bits per heavy atom. The molecule has 0 aromatic heterocycles. The van der Waals surface area contributed by atoms with Crippen LogP contribution in [-0.4, -0.2) is 29.7 Å². The molecule has 0 rings (SSSR count). The van der Waals surface area contributed by atoms with Crippen LogP contribution in [0.4, 0.5) is 0 Å². The fourth-order valence-corrected chi connectivity index (χ4v) is 3.39. The number of esters is 1. The SMILES string of the molecule is CCC(CC(C(=O)PI)C(C)C(=O)O)C(=O)OC.[Rh]. The van der Waals surface area contributed by atoms with Gasteiger partial charge in [-0.2, -0.15) is 0 Å². The number of carboxylic acid groups (broad SMARTS) is 1. The Labute approximate surface area is 140 Å². The summed E-state index contributed by atoms with van der Waals surface area (Å²) >= 11 is 1.94. The number of carbonyl (C=O) groups excluding carboxylic acids is 2. The van der Waals surface area contributed by atoms with Gasteiger partial charge in [0, 0.05) is 31.6 Å². The molecule has 0 amide bonds. The van der Waals surface area contributed by atoms with Crippen LogP contribution in [0.15, 0.2) is 0 Å². The second-order valence-electron chi connectivity index (χ2n) is 4.06. The molecule has 0 bridgehead atoms. The molecule has 0 aliphatic carbocycles. The Morgan fingerprint density at radius 3 is 2.21 bits per heavy atom. The fraction of sp³-hybridized carbons (Fsp3) is 0.727. The first-order valence-electron chi connectivity index (χ1n) is 5.60. The van der Waals surface area contributed by atoms with Crippen LogP contribution in [0.5, 0.6) is 0 Å². The molecule has 0 heterocycles. The first-order valence-corrected chi connectivity index (χ1v) is 9.71. The minimum absolute atomic E-state index is 0. The monoisotopic (exact) mass is 491 g/mol. The second-order valence-corrected chi connectivity index (χ2v) is 6.36. The standard InChI is InChI=1S/C11H18IO5P.Rh/c1-4-7(10(15)17-3)5-8(11(16)18-12)6(2)9(13)14;/h6-8,18H,4-5H2,1-3H3,(H,13,14);. The van der Waals surface area contributed by atoms with Gasteiger partial charge < -0.3 is 9.84 Å². The van der Waals surface area contributed by atoms with Gasteiger partial charge in [-0.1, -0.05) is 13.8 Å². The van der Waals surface area contributed by atoms with Gasteiger partial charge in [0.2, 0.25) is 0 Å². The van der Waals surface area contributed by atoms with Crippen LogP contribution >= 0.6 is 28.3 Å². The van der Waals surface area contributed by atoms with Gasteiger partial charge in [-0.15, -0.1) is 0 Å². The van der Waals surface area contributed by atoms with E-state index in [2.05, 4.69) is 4.74 Å². The maximum atomic E-state index is 11.8. The summed E-state index contributed by atoms with van der Waals surface area (Å²) in [5.74, 6) is -3.22. The van der Waals surface area contributed by atoms with E-state index in [1.54, 1.807) is 0 Å². The zero-order valence-corrected chi connectivity index (χ0v) is 15.7. The molecule has 1 N–H and O–H groups in total. The quantitative estimate of drug-likeness (QED) is 0.245. The van der Waals surface area contributed by atoms with Crippen molar-refractivity contribution in [2.75, 3.05) is 7.11 Å². The zero-order chi connectivity index (χ0) is 14.3. The van der Waals surface area contributed by atoms with Gasteiger partial charge in [-0.25, -0.2) is 0 Å². The smallest absolute Gasteiger partial charge is 0.308 e. The predicted octanol–water partition coefficient (Wildman–Crippen LogP) is 2.47. The average molecular weight is 491 g/mol. The van der Waals surface area contributed by atoms with Crippen molar-refractivity contribution in [1.82, 2.24) is 0 Å². The molecule has 4 atom stereocenters. The largest absolute Gasteiger partial charge is 0.481 e. The molecule has 4 unspecified atom stereocenters. The molecule has 0 fully saturated rings. The van der Waals surface area contributed by atoms with Crippen LogP contribution in [0.25, 0.3) is 0 Å². The molecule has 113 valence electrons. The molecule has 5 nitrogen and oxygen atoms in total. The Morgan fingerprint density at radius 2 is 1.89 bits per heavy atom. The van der Waals surface area contributed by atoms with Gasteiger partial charge in [0.25, 0.3) is 0 Å². The van der Waals surface area contributed by atoms with Crippen LogP contribution in [0.1, 0.15) is 26.7 Å². The maximum Gasteiger partial charge on any atom is 0.308 e. The number of hydrogen-bond acceptors (Lipinski definition) is 4. The van der Waals surface area contributed by atoms with E-state index in [-0.39, 0.29) is 43.6 Å². The number of methoxy groups -OCH3 is 1. The topological polar surface area (TPSA) is 80.7 Å². The van der Waals surface area contributed by atoms with E-state index in [0.717, 1.165) is 0 Å². The number of rotatable bonds is 8. The van der Waals surface area contributed by atoms with Crippen LogP contribution in [0, 0.1) is 17.8 Å². The average Bonchev–Trinajstić information content (AvgIpc) is 2.37. The summed E-state index contributed by atoms with van der Waals surface area (Å²) in [6.07, 6.45) is 0.785. The van der Waals surface area contributed by atoms with Crippen molar-refractivity contribution < 1.29 is 43.7 Å². The molecule has 0 spiro atoms. The van der Waals surface area contributed by atoms with E-state index in [1.807, 2.05) is 29.0 Å². The summed E-state index contributed by atoms with van der Waals surface area (Å²) in [5.41, 5.74) is -0.104. The summed E-state index contributed by atoms with van der Waals surface area (Å²) in [4.78, 5) is 34.3. The van der Waals surface area contributed by atoms with Crippen LogP contribution in [0.2, 0.25) is 0 Å². The third-order valence-electron chi connectivity index (χ3n) is 2.99. The van der Waals surface area contributed by atoms with E-state index in [1.165, 1.54) is 14.0 Å². The molecule has 0 aliphatic rings. The van der Waals surface area contributed by atoms with Crippen molar-refractivity contribution in [3.05, 3.63) is 0 Å². The van der Waals surface area contributed by atoms with Crippen molar-refractivity contribution in [3.63, 3.8) is 0 Å². The van der Waals surface area contributed by atoms with Crippen molar-refractivity contribution in [3.8, 4) is 0 Å². The number of hydrogen-bond donors (Lipinski definition) is 1. The number of halogens is 1. The zero-order valence-electron chi connectivity index (χ0n) is 10.9. The number of carboxylic acids is 1. The molecule has 19 heavy (non-hydrogen) atoms. The summed E-state index contributed by atoms with van der Waals surface area (Å²) in [6, 6.07) is 0. The van der Waals surface area contributed by atoms with Gasteiger partial charge >= 0.3 is 11.9 Å². The first kappa shape index (κ1) is 21.7. The number of carbonyl (C=O) groups is 3. The Balaban J connectivity index is 0. The van der Waals surface area contributed by atoms with Gasteiger partial charge in [-0.3, -0.25) is 14.4 Å². The van der Waals surface area contributed by atoms with Crippen LogP contribution in [-0.2, 0) is 38.6 Å². The molecular weight excluding hydrogens is 473 g/mol. The number of ether oxygens (including phenoxy) is 1. The minimum Gasteiger partial charge on any atom is -0.481 e. The van der Waals surface area contributed by atoms with E-state index in [9.17, 15) is 14.4 Å².